The second-order valence-electron chi connectivity index (χ2n) is 13.3. The van der Waals surface area contributed by atoms with E-state index in [0.29, 0.717) is 13.2 Å². The van der Waals surface area contributed by atoms with E-state index in [2.05, 4.69) is 46.0 Å². The topological polar surface area (TPSA) is 276 Å². The van der Waals surface area contributed by atoms with E-state index in [-0.39, 0.29) is 108 Å². The Morgan fingerprint density at radius 1 is 0.682 bits per heavy atom. The van der Waals surface area contributed by atoms with Crippen molar-refractivity contribution in [2.45, 2.75) is 114 Å². The van der Waals surface area contributed by atoms with Gasteiger partial charge in [0.1, 0.15) is 36.6 Å². The van der Waals surface area contributed by atoms with Crippen LogP contribution in [-0.4, -0.2) is 132 Å². The number of alkyl carbamates (subject to hydrolysis) is 3. The van der Waals surface area contributed by atoms with E-state index in [1.807, 2.05) is 0 Å². The Kier molecular flexibility index (Phi) is 78.0. The van der Waals surface area contributed by atoms with Crippen molar-refractivity contribution in [2.75, 3.05) is 58.0 Å². The van der Waals surface area contributed by atoms with Gasteiger partial charge in [-0.2, -0.15) is 0 Å². The summed E-state index contributed by atoms with van der Waals surface area (Å²) in [7, 11) is -9.67. The van der Waals surface area contributed by atoms with Crippen molar-refractivity contribution in [3.8, 4) is 0 Å². The molecule has 0 bridgehead atoms. The molecular formula is C33H69B2Cl2F8N6Na2O13-. The molecule has 0 aromatic carbocycles. The first kappa shape index (κ1) is 90.2. The zero-order chi connectivity index (χ0) is 52.1. The van der Waals surface area contributed by atoms with Gasteiger partial charge in [0.15, 0.2) is 0 Å². The van der Waals surface area contributed by atoms with Crippen LogP contribution in [0.1, 0.15) is 98.4 Å². The molecule has 66 heavy (non-hydrogen) atoms. The second kappa shape index (κ2) is 57.1. The van der Waals surface area contributed by atoms with E-state index in [1.165, 1.54) is 0 Å². The van der Waals surface area contributed by atoms with Gasteiger partial charge in [0.2, 0.25) is 17.7 Å². The van der Waals surface area contributed by atoms with Crippen LogP contribution in [0.2, 0.25) is 0 Å². The largest absolute Gasteiger partial charge is 1.00 e. The Labute approximate surface area is 439 Å². The SMILES string of the molecule is CC(C)(C)OC(=O)NCC(N)=O.CCOC(=N)CNC(=O)OC(C)(C)C.CCOC(=N)CNC(=O)OC(C)(C)C.CC[O+](CC)CC.ClCCl.FB(F)F.F[B-](F)(F)F.O=CO[O-].[F-].[H-].[Na+].[Na+]. The minimum atomic E-state index is -6.00. The van der Waals surface area contributed by atoms with E-state index in [1.54, 1.807) is 76.2 Å². The van der Waals surface area contributed by atoms with Crippen molar-refractivity contribution < 1.29 is 158 Å². The predicted molar refractivity (Wildman–Crippen MR) is 227 cm³/mol. The van der Waals surface area contributed by atoms with Crippen LogP contribution in [0.4, 0.5) is 44.6 Å². The number of primary amides is 1. The zero-order valence-electron chi connectivity index (χ0n) is 41.8. The maximum Gasteiger partial charge on any atom is 1.00 e. The predicted octanol–water partition coefficient (Wildman–Crippen LogP) is -2.19. The van der Waals surface area contributed by atoms with Crippen molar-refractivity contribution in [1.82, 2.24) is 16.0 Å². The van der Waals surface area contributed by atoms with E-state index in [4.69, 9.17) is 73.5 Å². The Morgan fingerprint density at radius 2 is 0.879 bits per heavy atom. The smallest absolute Gasteiger partial charge is 1.00 e. The first-order valence-electron chi connectivity index (χ1n) is 18.3. The number of alkyl halides is 2. The van der Waals surface area contributed by atoms with Gasteiger partial charge in [0, 0.05) is 20.8 Å². The first-order chi connectivity index (χ1) is 28.4. The fourth-order valence-corrected chi connectivity index (χ4v) is 2.47. The molecule has 0 heterocycles. The van der Waals surface area contributed by atoms with Crippen LogP contribution < -0.4 is 90.8 Å². The molecule has 0 saturated heterocycles. The molecule has 0 aromatic heterocycles. The van der Waals surface area contributed by atoms with Crippen molar-refractivity contribution >= 4 is 80.5 Å². The van der Waals surface area contributed by atoms with Crippen LogP contribution in [0, 0.1) is 10.8 Å². The summed E-state index contributed by atoms with van der Waals surface area (Å²) >= 11 is 9.53. The minimum absolute atomic E-state index is 0. The number of rotatable bonds is 12. The van der Waals surface area contributed by atoms with Gasteiger partial charge in [-0.05, 0) is 76.2 Å². The average Bonchev–Trinajstić information content (AvgIpc) is 3.08. The number of halogens is 10. The minimum Gasteiger partial charge on any atom is -1.00 e. The molecule has 0 spiro atoms. The van der Waals surface area contributed by atoms with Gasteiger partial charge < -0.3 is 83.3 Å². The number of amides is 4. The molecular weight excluding hydrogens is 979 g/mol. The molecule has 0 fully saturated rings. The number of ether oxygens (including phenoxy) is 5. The van der Waals surface area contributed by atoms with Gasteiger partial charge in [0.25, 0.3) is 6.47 Å². The van der Waals surface area contributed by atoms with Crippen LogP contribution in [0.15, 0.2) is 0 Å². The van der Waals surface area contributed by atoms with Crippen molar-refractivity contribution in [1.29, 1.82) is 10.8 Å². The van der Waals surface area contributed by atoms with Crippen molar-refractivity contribution in [3.63, 3.8) is 0 Å². The fraction of sp³-hybridized carbons (Fsp3) is 0.788. The third-order valence-electron chi connectivity index (χ3n) is 4.29. The summed E-state index contributed by atoms with van der Waals surface area (Å²) in [6.45, 7) is 29.8. The molecule has 0 atom stereocenters. The standard InChI is InChI=1S/2C9H18N2O3.C7H14N2O3.C6H15O.CH2Cl2.CH2O3.BF4.BF3.FH.2Na.H/c2*1-5-13-7(10)6-11-8(12)14-9(2,3)4;1-7(2,3)12-6(11)9-4-5(8)10;1-4-7(5-2)6-3;2-1-3;2-1-4-3;2-1(3,4)5;2-1(3)4;;;;/h2*10H,5-6H2,1-4H3,(H,11,12);4H2,1-3H3,(H2,8,10)(H,9,11);4-6H2,1-3H3;1H2;1,3H;;;1H;;;/q;;;+1;;;-1;;;2*+1;-1/p-2. The quantitative estimate of drug-likeness (QED) is 0.0116. The average molecular weight is 1050 g/mol. The van der Waals surface area contributed by atoms with Crippen LogP contribution in [0.3, 0.4) is 0 Å². The summed E-state index contributed by atoms with van der Waals surface area (Å²) in [5, 5.41) is 30.1. The Hall–Kier alpha value is -2.24. The first-order valence-corrected chi connectivity index (χ1v) is 19.4. The van der Waals surface area contributed by atoms with Crippen molar-refractivity contribution in [2.24, 2.45) is 5.73 Å². The van der Waals surface area contributed by atoms with E-state index in [0.717, 1.165) is 19.8 Å². The van der Waals surface area contributed by atoms with Crippen molar-refractivity contribution in [3.05, 3.63) is 0 Å². The Balaban J connectivity index is -0.0000000540. The van der Waals surface area contributed by atoms with Crippen LogP contribution in [0.25, 0.3) is 0 Å². The summed E-state index contributed by atoms with van der Waals surface area (Å²) in [5.41, 5.74) is 3.21. The molecule has 0 aliphatic rings. The molecule has 0 aliphatic heterocycles. The summed E-state index contributed by atoms with van der Waals surface area (Å²) < 4.78 is 95.5. The molecule has 0 aromatic rings. The Bertz CT molecular complexity index is 1140. The molecule has 19 nitrogen and oxygen atoms in total. The Morgan fingerprint density at radius 3 is 1.00 bits per heavy atom. The number of carbonyl (C=O) groups excluding carboxylic acids is 5. The van der Waals surface area contributed by atoms with Gasteiger partial charge in [0.05, 0.1) is 38.2 Å². The van der Waals surface area contributed by atoms with Gasteiger partial charge in [-0.3, -0.25) is 33.4 Å². The summed E-state index contributed by atoms with van der Waals surface area (Å²) in [5.74, 6) is -0.544. The van der Waals surface area contributed by atoms with E-state index >= 15 is 0 Å². The number of hydrogen-bond donors (Lipinski definition) is 6. The fourth-order valence-electron chi connectivity index (χ4n) is 2.47. The number of nitrogens with two attached hydrogens (primary N) is 1. The molecule has 33 heteroatoms. The molecule has 0 unspecified atom stereocenters. The maximum absolute atomic E-state index is 11.1. The van der Waals surface area contributed by atoms with Gasteiger partial charge in [-0.25, -0.2) is 14.4 Å². The van der Waals surface area contributed by atoms with Crippen LogP contribution >= 0.6 is 23.2 Å². The molecule has 7 N–H and O–H groups in total. The normalized spacial score (nSPS) is 9.41. The number of nitrogens with one attached hydrogen (secondary N) is 5. The van der Waals surface area contributed by atoms with Gasteiger partial charge in [-0.15, -0.1) is 23.2 Å². The number of hydrogen-bond acceptors (Lipinski definition) is 14. The van der Waals surface area contributed by atoms with Gasteiger partial charge >= 0.3 is 92.2 Å². The van der Waals surface area contributed by atoms with E-state index in [9.17, 15) is 49.4 Å². The molecule has 388 valence electrons. The maximum atomic E-state index is 11.1. The number of carbonyl (C=O) groups is 5. The summed E-state index contributed by atoms with van der Waals surface area (Å²) in [6, 6.07) is 0. The summed E-state index contributed by atoms with van der Waals surface area (Å²) in [4.78, 5) is 54.5. The third kappa shape index (κ3) is 137. The van der Waals surface area contributed by atoms with Crippen LogP contribution in [-0.2, 0) is 42.5 Å². The third-order valence-corrected chi connectivity index (χ3v) is 4.29. The molecule has 0 aliphatic carbocycles. The monoisotopic (exact) mass is 1050 g/mol. The summed E-state index contributed by atoms with van der Waals surface area (Å²) in [6.07, 6.45) is -1.72. The second-order valence-corrected chi connectivity index (χ2v) is 14.1. The molecule has 4 amide bonds. The molecule has 0 saturated carbocycles. The molecule has 0 rings (SSSR count). The molecule has 0 radical (unpaired) electrons. The van der Waals surface area contributed by atoms with Crippen LogP contribution in [0.5, 0.6) is 0 Å². The van der Waals surface area contributed by atoms with Gasteiger partial charge in [-0.1, -0.05) is 0 Å². The zero-order valence-corrected chi connectivity index (χ0v) is 46.3. The van der Waals surface area contributed by atoms with E-state index < -0.39 is 55.8 Å².